The first-order chi connectivity index (χ1) is 10.5. The molecule has 0 aliphatic carbocycles. The van der Waals surface area contributed by atoms with Crippen molar-refractivity contribution >= 4 is 18.3 Å². The second-order valence-electron chi connectivity index (χ2n) is 6.72. The zero-order chi connectivity index (χ0) is 15.9. The fourth-order valence-electron chi connectivity index (χ4n) is 2.86. The molecule has 0 unspecified atom stereocenters. The average molecular weight is 340 g/mol. The van der Waals surface area contributed by atoms with E-state index in [0.717, 1.165) is 39.1 Å². The van der Waals surface area contributed by atoms with Gasteiger partial charge in [-0.1, -0.05) is 38.1 Å². The highest BCUT2D eigenvalue weighted by atomic mass is 35.5. The summed E-state index contributed by atoms with van der Waals surface area (Å²) in [5.74, 6) is 0.922. The molecule has 1 aliphatic heterocycles. The maximum absolute atomic E-state index is 12.2. The van der Waals surface area contributed by atoms with E-state index < -0.39 is 0 Å². The lowest BCUT2D eigenvalue weighted by atomic mass is 10.0. The summed E-state index contributed by atoms with van der Waals surface area (Å²) in [6.07, 6.45) is 1.12. The van der Waals surface area contributed by atoms with Crippen molar-refractivity contribution in [3.63, 3.8) is 0 Å². The first-order valence-corrected chi connectivity index (χ1v) is 8.29. The van der Waals surface area contributed by atoms with Crippen LogP contribution in [0, 0.1) is 5.92 Å². The van der Waals surface area contributed by atoms with Gasteiger partial charge in [0.15, 0.2) is 0 Å². The Morgan fingerprint density at radius 1 is 1.17 bits per heavy atom. The number of piperazine rings is 1. The van der Waals surface area contributed by atoms with Gasteiger partial charge in [-0.15, -0.1) is 12.4 Å². The predicted molar refractivity (Wildman–Crippen MR) is 98.0 cm³/mol. The number of carbonyl (C=O) groups is 1. The quantitative estimate of drug-likeness (QED) is 0.862. The minimum Gasteiger partial charge on any atom is -0.339 e. The van der Waals surface area contributed by atoms with Crippen LogP contribution in [-0.2, 0) is 17.8 Å². The third-order valence-corrected chi connectivity index (χ3v) is 3.99. The van der Waals surface area contributed by atoms with Crippen LogP contribution in [0.4, 0.5) is 0 Å². The molecule has 1 aliphatic rings. The van der Waals surface area contributed by atoms with Gasteiger partial charge < -0.3 is 10.2 Å². The highest BCUT2D eigenvalue weighted by molar-refractivity contribution is 5.85. The molecule has 0 saturated carbocycles. The normalized spacial score (nSPS) is 14.9. The molecular formula is C18H30ClN3O. The topological polar surface area (TPSA) is 35.6 Å². The van der Waals surface area contributed by atoms with Gasteiger partial charge in [0.25, 0.3) is 0 Å². The van der Waals surface area contributed by atoms with E-state index in [2.05, 4.69) is 48.3 Å². The maximum Gasteiger partial charge on any atom is 0.236 e. The van der Waals surface area contributed by atoms with Crippen LogP contribution < -0.4 is 5.32 Å². The van der Waals surface area contributed by atoms with Gasteiger partial charge in [0.1, 0.15) is 0 Å². The Morgan fingerprint density at radius 2 is 1.74 bits per heavy atom. The van der Waals surface area contributed by atoms with Crippen molar-refractivity contribution in [3.05, 3.63) is 35.4 Å². The molecular weight excluding hydrogens is 310 g/mol. The SMILES string of the molecule is CC(C)Cc1ccc(CN(C)CC(=O)N2CCNCC2)cc1.Cl. The number of nitrogens with zero attached hydrogens (tertiary/aromatic N) is 2. The molecule has 1 N–H and O–H groups in total. The lowest BCUT2D eigenvalue weighted by Crippen LogP contribution is -2.49. The Hall–Kier alpha value is -1.10. The highest BCUT2D eigenvalue weighted by Crippen LogP contribution is 2.11. The summed E-state index contributed by atoms with van der Waals surface area (Å²) in [5.41, 5.74) is 2.65. The van der Waals surface area contributed by atoms with Crippen molar-refractivity contribution in [2.75, 3.05) is 39.8 Å². The number of benzene rings is 1. The molecule has 1 aromatic rings. The summed E-state index contributed by atoms with van der Waals surface area (Å²) in [7, 11) is 2.02. The number of hydrogen-bond acceptors (Lipinski definition) is 3. The molecule has 0 aromatic heterocycles. The van der Waals surface area contributed by atoms with Gasteiger partial charge in [-0.3, -0.25) is 9.69 Å². The van der Waals surface area contributed by atoms with Crippen LogP contribution in [0.15, 0.2) is 24.3 Å². The zero-order valence-corrected chi connectivity index (χ0v) is 15.4. The first-order valence-electron chi connectivity index (χ1n) is 8.29. The average Bonchev–Trinajstić information content (AvgIpc) is 2.49. The van der Waals surface area contributed by atoms with Crippen LogP contribution in [0.2, 0.25) is 0 Å². The predicted octanol–water partition coefficient (Wildman–Crippen LogP) is 2.17. The molecule has 0 atom stereocenters. The molecule has 4 nitrogen and oxygen atoms in total. The number of carbonyl (C=O) groups excluding carboxylic acids is 1. The number of amides is 1. The van der Waals surface area contributed by atoms with Crippen LogP contribution in [-0.4, -0.2) is 55.5 Å². The number of hydrogen-bond donors (Lipinski definition) is 1. The largest absolute Gasteiger partial charge is 0.339 e. The number of likely N-dealkylation sites (N-methyl/N-ethyl adjacent to an activating group) is 1. The van der Waals surface area contributed by atoms with Crippen LogP contribution in [0.3, 0.4) is 0 Å². The van der Waals surface area contributed by atoms with Crippen LogP contribution >= 0.6 is 12.4 Å². The second-order valence-corrected chi connectivity index (χ2v) is 6.72. The van der Waals surface area contributed by atoms with Crippen molar-refractivity contribution in [1.82, 2.24) is 15.1 Å². The Kier molecular flexibility index (Phi) is 8.59. The molecule has 0 radical (unpaired) electrons. The summed E-state index contributed by atoms with van der Waals surface area (Å²) in [6.45, 7) is 9.27. The van der Waals surface area contributed by atoms with Crippen molar-refractivity contribution < 1.29 is 4.79 Å². The van der Waals surface area contributed by atoms with E-state index in [4.69, 9.17) is 0 Å². The molecule has 1 saturated heterocycles. The van der Waals surface area contributed by atoms with Crippen LogP contribution in [0.5, 0.6) is 0 Å². The molecule has 1 heterocycles. The zero-order valence-electron chi connectivity index (χ0n) is 14.5. The van der Waals surface area contributed by atoms with E-state index in [9.17, 15) is 4.79 Å². The standard InChI is InChI=1S/C18H29N3O.ClH/c1-15(2)12-16-4-6-17(7-5-16)13-20(3)14-18(22)21-10-8-19-9-11-21;/h4-7,15,19H,8-14H2,1-3H3;1H. The van der Waals surface area contributed by atoms with Gasteiger partial charge in [0.05, 0.1) is 6.54 Å². The number of nitrogens with one attached hydrogen (secondary N) is 1. The summed E-state index contributed by atoms with van der Waals surface area (Å²) in [4.78, 5) is 16.3. The molecule has 23 heavy (non-hydrogen) atoms. The monoisotopic (exact) mass is 339 g/mol. The third kappa shape index (κ3) is 6.90. The molecule has 5 heteroatoms. The summed E-state index contributed by atoms with van der Waals surface area (Å²) in [6, 6.07) is 8.79. The molecule has 1 amide bonds. The Balaban J connectivity index is 0.00000264. The number of halogens is 1. The van der Waals surface area contributed by atoms with E-state index >= 15 is 0 Å². The van der Waals surface area contributed by atoms with Crippen molar-refractivity contribution in [3.8, 4) is 0 Å². The van der Waals surface area contributed by atoms with Gasteiger partial charge >= 0.3 is 0 Å². The van der Waals surface area contributed by atoms with Crippen molar-refractivity contribution in [2.45, 2.75) is 26.8 Å². The van der Waals surface area contributed by atoms with E-state index in [-0.39, 0.29) is 18.3 Å². The van der Waals surface area contributed by atoms with Gasteiger partial charge in [0, 0.05) is 32.7 Å². The highest BCUT2D eigenvalue weighted by Gasteiger charge is 2.17. The van der Waals surface area contributed by atoms with Crippen LogP contribution in [0.25, 0.3) is 0 Å². The number of rotatable bonds is 6. The fourth-order valence-corrected chi connectivity index (χ4v) is 2.86. The lowest BCUT2D eigenvalue weighted by Gasteiger charge is -2.29. The van der Waals surface area contributed by atoms with E-state index in [1.165, 1.54) is 11.1 Å². The van der Waals surface area contributed by atoms with E-state index in [1.54, 1.807) is 0 Å². The first kappa shape index (κ1) is 19.9. The summed E-state index contributed by atoms with van der Waals surface area (Å²) >= 11 is 0. The molecule has 130 valence electrons. The second kappa shape index (κ2) is 9.91. The van der Waals surface area contributed by atoms with Gasteiger partial charge in [0.2, 0.25) is 5.91 Å². The Labute approximate surface area is 146 Å². The maximum atomic E-state index is 12.2. The third-order valence-electron chi connectivity index (χ3n) is 3.99. The Bertz CT molecular complexity index is 470. The fraction of sp³-hybridized carbons (Fsp3) is 0.611. The summed E-state index contributed by atoms with van der Waals surface area (Å²) in [5, 5.41) is 3.27. The molecule has 0 spiro atoms. The smallest absolute Gasteiger partial charge is 0.236 e. The van der Waals surface area contributed by atoms with Crippen molar-refractivity contribution in [1.29, 1.82) is 0 Å². The Morgan fingerprint density at radius 3 is 2.30 bits per heavy atom. The molecule has 1 fully saturated rings. The molecule has 1 aromatic carbocycles. The van der Waals surface area contributed by atoms with Crippen molar-refractivity contribution in [2.24, 2.45) is 5.92 Å². The van der Waals surface area contributed by atoms with E-state index in [0.29, 0.717) is 12.5 Å². The van der Waals surface area contributed by atoms with Gasteiger partial charge in [-0.2, -0.15) is 0 Å². The van der Waals surface area contributed by atoms with Gasteiger partial charge in [-0.05, 0) is 30.5 Å². The summed E-state index contributed by atoms with van der Waals surface area (Å²) < 4.78 is 0. The lowest BCUT2D eigenvalue weighted by molar-refractivity contribution is -0.132. The van der Waals surface area contributed by atoms with Crippen LogP contribution in [0.1, 0.15) is 25.0 Å². The van der Waals surface area contributed by atoms with Gasteiger partial charge in [-0.25, -0.2) is 0 Å². The van der Waals surface area contributed by atoms with E-state index in [1.807, 2.05) is 11.9 Å². The molecule has 2 rings (SSSR count). The minimum absolute atomic E-state index is 0. The minimum atomic E-state index is 0. The molecule has 0 bridgehead atoms.